The van der Waals surface area contributed by atoms with Crippen molar-refractivity contribution in [1.29, 1.82) is 0 Å². The molecule has 6 rings (SSSR count). The van der Waals surface area contributed by atoms with Crippen LogP contribution in [-0.2, 0) is 0 Å². The maximum Gasteiger partial charge on any atom is -0.00237 e. The second kappa shape index (κ2) is 8.07. The number of benzene rings is 6. The van der Waals surface area contributed by atoms with Gasteiger partial charge in [0, 0.05) is 0 Å². The molecule has 0 saturated heterocycles. The van der Waals surface area contributed by atoms with Gasteiger partial charge in [0.15, 0.2) is 0 Å². The van der Waals surface area contributed by atoms with Crippen molar-refractivity contribution in [2.45, 2.75) is 6.92 Å². The average Bonchev–Trinajstić information content (AvgIpc) is 2.88. The highest BCUT2D eigenvalue weighted by Gasteiger charge is 2.17. The van der Waals surface area contributed by atoms with E-state index < -0.39 is 0 Å². The molecule has 0 amide bonds. The highest BCUT2D eigenvalue weighted by Crippen LogP contribution is 2.44. The van der Waals surface area contributed by atoms with Crippen molar-refractivity contribution < 1.29 is 0 Å². The van der Waals surface area contributed by atoms with Crippen LogP contribution >= 0.6 is 0 Å². The van der Waals surface area contributed by atoms with Crippen LogP contribution < -0.4 is 0 Å². The Morgan fingerprint density at radius 3 is 1.33 bits per heavy atom. The lowest BCUT2D eigenvalue weighted by Crippen LogP contribution is -1.92. The summed E-state index contributed by atoms with van der Waals surface area (Å²) in [5.41, 5.74) is 8.96. The zero-order valence-electron chi connectivity index (χ0n) is 18.6. The lowest BCUT2D eigenvalue weighted by Gasteiger charge is -2.19. The number of hydrogen-bond donors (Lipinski definition) is 0. The lowest BCUT2D eigenvalue weighted by molar-refractivity contribution is 1.47. The summed E-state index contributed by atoms with van der Waals surface area (Å²) >= 11 is 0. The van der Waals surface area contributed by atoms with Crippen LogP contribution in [0.25, 0.3) is 54.9 Å². The van der Waals surface area contributed by atoms with E-state index in [0.29, 0.717) is 0 Å². The van der Waals surface area contributed by atoms with E-state index >= 15 is 0 Å². The molecule has 0 bridgehead atoms. The molecule has 33 heavy (non-hydrogen) atoms. The van der Waals surface area contributed by atoms with E-state index in [2.05, 4.69) is 134 Å². The maximum absolute atomic E-state index is 2.27. The average molecular weight is 421 g/mol. The Bertz CT molecular complexity index is 1530. The van der Waals surface area contributed by atoms with Crippen LogP contribution in [0.2, 0.25) is 0 Å². The van der Waals surface area contributed by atoms with Gasteiger partial charge in [-0.15, -0.1) is 0 Å². The smallest absolute Gasteiger partial charge is 0.00237 e. The van der Waals surface area contributed by atoms with Gasteiger partial charge in [-0.05, 0) is 67.4 Å². The summed E-state index contributed by atoms with van der Waals surface area (Å²) < 4.78 is 0. The first-order valence-electron chi connectivity index (χ1n) is 11.5. The summed E-state index contributed by atoms with van der Waals surface area (Å²) in [6, 6.07) is 46.0. The second-order valence-electron chi connectivity index (χ2n) is 8.60. The Labute approximate surface area is 194 Å². The van der Waals surface area contributed by atoms with E-state index in [1.807, 2.05) is 0 Å². The quantitative estimate of drug-likeness (QED) is 0.250. The molecule has 156 valence electrons. The van der Waals surface area contributed by atoms with Crippen LogP contribution in [0, 0.1) is 6.92 Å². The third kappa shape index (κ3) is 3.32. The van der Waals surface area contributed by atoms with Gasteiger partial charge in [0.1, 0.15) is 0 Å². The second-order valence-corrected chi connectivity index (χ2v) is 8.60. The van der Waals surface area contributed by atoms with E-state index in [0.717, 1.165) is 0 Å². The summed E-state index contributed by atoms with van der Waals surface area (Å²) in [6.45, 7) is 2.20. The van der Waals surface area contributed by atoms with Gasteiger partial charge in [-0.2, -0.15) is 0 Å². The van der Waals surface area contributed by atoms with Crippen LogP contribution in [0.3, 0.4) is 0 Å². The van der Waals surface area contributed by atoms with Gasteiger partial charge in [0.2, 0.25) is 0 Å². The predicted octanol–water partition coefficient (Wildman–Crippen LogP) is 9.30. The topological polar surface area (TPSA) is 0 Å². The number of fused-ring (bicyclic) bond motifs is 2. The lowest BCUT2D eigenvalue weighted by atomic mass is 9.85. The van der Waals surface area contributed by atoms with Crippen molar-refractivity contribution in [2.75, 3.05) is 0 Å². The Morgan fingerprint density at radius 2 is 0.758 bits per heavy atom. The van der Waals surface area contributed by atoms with Gasteiger partial charge in [-0.3, -0.25) is 0 Å². The van der Waals surface area contributed by atoms with E-state index in [1.54, 1.807) is 0 Å². The molecule has 0 N–H and O–H groups in total. The van der Waals surface area contributed by atoms with Crippen molar-refractivity contribution in [3.63, 3.8) is 0 Å². The van der Waals surface area contributed by atoms with Crippen LogP contribution in [0.4, 0.5) is 0 Å². The van der Waals surface area contributed by atoms with E-state index in [4.69, 9.17) is 0 Å². The molecule has 0 heteroatoms. The van der Waals surface area contributed by atoms with Crippen LogP contribution in [0.5, 0.6) is 0 Å². The van der Waals surface area contributed by atoms with E-state index in [-0.39, 0.29) is 0 Å². The van der Waals surface area contributed by atoms with E-state index in [1.165, 1.54) is 60.5 Å². The molecule has 0 aliphatic rings. The summed E-state index contributed by atoms with van der Waals surface area (Å²) in [5, 5.41) is 5.18. The Balaban J connectivity index is 1.66. The van der Waals surface area contributed by atoms with Crippen molar-refractivity contribution in [3.05, 3.63) is 133 Å². The number of hydrogen-bond acceptors (Lipinski definition) is 0. The first-order valence-corrected chi connectivity index (χ1v) is 11.5. The zero-order chi connectivity index (χ0) is 22.2. The normalized spacial score (nSPS) is 11.2. The van der Waals surface area contributed by atoms with Gasteiger partial charge >= 0.3 is 0 Å². The fraction of sp³-hybridized carbons (Fsp3) is 0.0303. The molecule has 0 heterocycles. The van der Waals surface area contributed by atoms with Crippen molar-refractivity contribution in [3.8, 4) is 33.4 Å². The molecule has 6 aromatic rings. The third-order valence-electron chi connectivity index (χ3n) is 6.63. The molecule has 0 radical (unpaired) electrons. The first kappa shape index (κ1) is 19.5. The van der Waals surface area contributed by atoms with Crippen molar-refractivity contribution in [2.24, 2.45) is 0 Å². The standard InChI is InChI=1S/C33H24/c1-23-11-5-6-14-27(23)33-30-17-9-7-15-28(30)32(29-16-8-10-18-31(29)33)26-21-19-25(20-22-26)24-12-3-2-4-13-24/h2-22H,1H3. The summed E-state index contributed by atoms with van der Waals surface area (Å²) in [4.78, 5) is 0. The maximum atomic E-state index is 2.27. The van der Waals surface area contributed by atoms with Gasteiger partial charge in [0.25, 0.3) is 0 Å². The molecule has 0 saturated carbocycles. The monoisotopic (exact) mass is 420 g/mol. The number of aryl methyl sites for hydroxylation is 1. The van der Waals surface area contributed by atoms with Crippen LogP contribution in [-0.4, -0.2) is 0 Å². The molecular formula is C33H24. The first-order chi connectivity index (χ1) is 16.3. The molecule has 0 unspecified atom stereocenters. The largest absolute Gasteiger partial charge is 0.0622 e. The molecule has 0 spiro atoms. The molecule has 0 aliphatic heterocycles. The molecule has 0 aromatic heterocycles. The number of rotatable bonds is 3. The molecule has 0 aliphatic carbocycles. The SMILES string of the molecule is Cc1ccccc1-c1c2ccccc2c(-c2ccc(-c3ccccc3)cc2)c2ccccc12. The third-order valence-corrected chi connectivity index (χ3v) is 6.63. The van der Waals surface area contributed by atoms with Gasteiger partial charge in [0.05, 0.1) is 0 Å². The minimum absolute atomic E-state index is 1.24. The van der Waals surface area contributed by atoms with Gasteiger partial charge in [-0.25, -0.2) is 0 Å². The highest BCUT2D eigenvalue weighted by atomic mass is 14.2. The fourth-order valence-corrected chi connectivity index (χ4v) is 5.04. The molecule has 0 atom stereocenters. The van der Waals surface area contributed by atoms with Gasteiger partial charge < -0.3 is 0 Å². The van der Waals surface area contributed by atoms with E-state index in [9.17, 15) is 0 Å². The Hall–Kier alpha value is -4.16. The summed E-state index contributed by atoms with van der Waals surface area (Å²) in [6.07, 6.45) is 0. The minimum atomic E-state index is 1.24. The van der Waals surface area contributed by atoms with Crippen molar-refractivity contribution >= 4 is 21.5 Å². The Morgan fingerprint density at radius 1 is 0.333 bits per heavy atom. The Kier molecular flexibility index (Phi) is 4.78. The summed E-state index contributed by atoms with van der Waals surface area (Å²) in [5.74, 6) is 0. The van der Waals surface area contributed by atoms with Gasteiger partial charge in [-0.1, -0.05) is 127 Å². The molecule has 0 nitrogen and oxygen atoms in total. The van der Waals surface area contributed by atoms with Crippen LogP contribution in [0.1, 0.15) is 5.56 Å². The minimum Gasteiger partial charge on any atom is -0.0622 e. The fourth-order valence-electron chi connectivity index (χ4n) is 5.04. The zero-order valence-corrected chi connectivity index (χ0v) is 18.6. The molecular weight excluding hydrogens is 396 g/mol. The molecule has 6 aromatic carbocycles. The summed E-state index contributed by atoms with van der Waals surface area (Å²) in [7, 11) is 0. The predicted molar refractivity (Wildman–Crippen MR) is 142 cm³/mol. The highest BCUT2D eigenvalue weighted by molar-refractivity contribution is 6.21. The van der Waals surface area contributed by atoms with Crippen molar-refractivity contribution in [1.82, 2.24) is 0 Å². The molecule has 0 fully saturated rings. The van der Waals surface area contributed by atoms with Crippen LogP contribution in [0.15, 0.2) is 127 Å².